The molecule has 0 aliphatic heterocycles. The fourth-order valence-corrected chi connectivity index (χ4v) is 1.16. The first-order valence-electron chi connectivity index (χ1n) is 3.70. The average Bonchev–Trinajstić information content (AvgIpc) is 2.47. The predicted octanol–water partition coefficient (Wildman–Crippen LogP) is -1.38. The quantitative estimate of drug-likeness (QED) is 0.594. The number of fused-ring (bicyclic) bond motifs is 1. The van der Waals surface area contributed by atoms with Crippen molar-refractivity contribution >= 4 is 23.3 Å². The minimum atomic E-state index is -4.91. The first kappa shape index (κ1) is 12.3. The zero-order valence-corrected chi connectivity index (χ0v) is 10.6. The van der Waals surface area contributed by atoms with Gasteiger partial charge >= 0.3 is 58.4 Å². The van der Waals surface area contributed by atoms with Gasteiger partial charge in [0, 0.05) is 5.39 Å². The Bertz CT molecular complexity index is 440. The van der Waals surface area contributed by atoms with Crippen LogP contribution in [0, 0.1) is 0 Å². The first-order chi connectivity index (χ1) is 6.07. The smallest absolute Gasteiger partial charge is 0.445 e. The summed E-state index contributed by atoms with van der Waals surface area (Å²) in [4.78, 5) is 0. The largest absolute Gasteiger partial charge is 1.00 e. The van der Waals surface area contributed by atoms with E-state index >= 15 is 0 Å². The normalized spacial score (nSPS) is 11.4. The van der Waals surface area contributed by atoms with Gasteiger partial charge in [-0.2, -0.15) is 5.10 Å². The summed E-state index contributed by atoms with van der Waals surface area (Å²) in [6.07, 6.45) is 1.49. The minimum absolute atomic E-state index is 0. The van der Waals surface area contributed by atoms with Crippen molar-refractivity contribution in [3.63, 3.8) is 0 Å². The molecule has 2 aromatic rings. The molecule has 68 valence electrons. The van der Waals surface area contributed by atoms with Gasteiger partial charge in [-0.1, -0.05) is 18.2 Å². The number of H-pyrrole nitrogens is 1. The summed E-state index contributed by atoms with van der Waals surface area (Å²) in [6, 6.07) is 3.55. The van der Waals surface area contributed by atoms with Crippen LogP contribution in [-0.4, -0.2) is 17.2 Å². The van der Waals surface area contributed by atoms with E-state index in [1.807, 2.05) is 0 Å². The van der Waals surface area contributed by atoms with E-state index in [0.29, 0.717) is 10.9 Å². The van der Waals surface area contributed by atoms with Gasteiger partial charge in [0.05, 0.1) is 11.7 Å². The molecule has 0 fully saturated rings. The van der Waals surface area contributed by atoms with Crippen LogP contribution in [0.2, 0.25) is 0 Å². The van der Waals surface area contributed by atoms with E-state index in [4.69, 9.17) is 0 Å². The Balaban J connectivity index is 0.000000980. The molecule has 0 radical (unpaired) electrons. The first-order valence-corrected chi connectivity index (χ1v) is 3.70. The van der Waals surface area contributed by atoms with E-state index in [1.54, 1.807) is 0 Å². The molecule has 0 spiro atoms. The standard InChI is InChI=1S/C7H5BF3N2.K/c9-8(10,11)6-2-1-5-4-12-13-7(5)3-6;/h1-4H,(H,12,13);/q-1;+1. The van der Waals surface area contributed by atoms with Crippen LogP contribution in [0.15, 0.2) is 24.4 Å². The van der Waals surface area contributed by atoms with Crippen molar-refractivity contribution in [2.75, 3.05) is 0 Å². The zero-order valence-electron chi connectivity index (χ0n) is 7.47. The molecule has 1 aromatic heterocycles. The van der Waals surface area contributed by atoms with Crippen LogP contribution in [0.5, 0.6) is 0 Å². The Hall–Kier alpha value is 0.181. The number of rotatable bonds is 1. The van der Waals surface area contributed by atoms with Crippen LogP contribution in [0.3, 0.4) is 0 Å². The molecule has 0 aliphatic rings. The van der Waals surface area contributed by atoms with Gasteiger partial charge in [-0.25, -0.2) is 0 Å². The summed E-state index contributed by atoms with van der Waals surface area (Å²) in [5, 5.41) is 6.82. The number of halogens is 3. The van der Waals surface area contributed by atoms with E-state index < -0.39 is 12.4 Å². The number of hydrogen-bond donors (Lipinski definition) is 1. The maximum atomic E-state index is 12.3. The third-order valence-electron chi connectivity index (χ3n) is 1.84. The second-order valence-corrected chi connectivity index (χ2v) is 2.79. The van der Waals surface area contributed by atoms with Crippen molar-refractivity contribution in [2.24, 2.45) is 0 Å². The molecular formula is C7H5BF3KN2. The SMILES string of the molecule is F[B-](F)(F)c1ccc2cn[nH]c2c1.[K+]. The summed E-state index contributed by atoms with van der Waals surface area (Å²) in [5.41, 5.74) is -0.187. The van der Waals surface area contributed by atoms with Crippen molar-refractivity contribution < 1.29 is 64.3 Å². The molecule has 0 bridgehead atoms. The molecule has 0 aliphatic carbocycles. The van der Waals surface area contributed by atoms with Crippen LogP contribution in [0.1, 0.15) is 0 Å². The van der Waals surface area contributed by atoms with Crippen molar-refractivity contribution in [1.29, 1.82) is 0 Å². The Morgan fingerprint density at radius 3 is 2.57 bits per heavy atom. The molecular weight excluding hydrogens is 219 g/mol. The monoisotopic (exact) mass is 224 g/mol. The zero-order chi connectivity index (χ0) is 9.47. The predicted molar refractivity (Wildman–Crippen MR) is 44.8 cm³/mol. The maximum Gasteiger partial charge on any atom is 1.00 e. The number of nitrogens with one attached hydrogen (secondary N) is 1. The van der Waals surface area contributed by atoms with E-state index in [9.17, 15) is 12.9 Å². The van der Waals surface area contributed by atoms with Gasteiger partial charge in [0.2, 0.25) is 0 Å². The van der Waals surface area contributed by atoms with Crippen molar-refractivity contribution in [2.45, 2.75) is 0 Å². The van der Waals surface area contributed by atoms with Gasteiger partial charge in [-0.15, -0.1) is 5.46 Å². The molecule has 1 aromatic carbocycles. The van der Waals surface area contributed by atoms with E-state index in [2.05, 4.69) is 10.2 Å². The summed E-state index contributed by atoms with van der Waals surface area (Å²) >= 11 is 0. The molecule has 1 N–H and O–H groups in total. The van der Waals surface area contributed by atoms with E-state index in [1.165, 1.54) is 12.3 Å². The molecule has 0 atom stereocenters. The molecule has 0 saturated heterocycles. The molecule has 14 heavy (non-hydrogen) atoms. The molecule has 0 saturated carbocycles. The number of aromatic amines is 1. The summed E-state index contributed by atoms with van der Waals surface area (Å²) in [7, 11) is 0. The molecule has 7 heteroatoms. The van der Waals surface area contributed by atoms with Crippen molar-refractivity contribution in [3.8, 4) is 0 Å². The van der Waals surface area contributed by atoms with Gasteiger partial charge in [0.25, 0.3) is 0 Å². The number of benzene rings is 1. The van der Waals surface area contributed by atoms with Gasteiger partial charge in [-0.3, -0.25) is 5.10 Å². The van der Waals surface area contributed by atoms with Gasteiger partial charge < -0.3 is 12.9 Å². The van der Waals surface area contributed by atoms with Crippen LogP contribution in [-0.2, 0) is 0 Å². The number of aromatic nitrogens is 2. The second kappa shape index (κ2) is 4.36. The molecule has 2 nitrogen and oxygen atoms in total. The summed E-state index contributed by atoms with van der Waals surface area (Å²) < 4.78 is 36.8. The Labute approximate surface area is 121 Å². The molecule has 2 rings (SSSR count). The molecule has 1 heterocycles. The van der Waals surface area contributed by atoms with E-state index in [-0.39, 0.29) is 51.4 Å². The third kappa shape index (κ3) is 2.40. The van der Waals surface area contributed by atoms with Gasteiger partial charge in [0.15, 0.2) is 0 Å². The Kier molecular flexibility index (Phi) is 3.82. The van der Waals surface area contributed by atoms with Gasteiger partial charge in [0.1, 0.15) is 0 Å². The van der Waals surface area contributed by atoms with Crippen molar-refractivity contribution in [3.05, 3.63) is 24.4 Å². The summed E-state index contributed by atoms with van der Waals surface area (Å²) in [6.45, 7) is -4.91. The fraction of sp³-hybridized carbons (Fsp3) is 0. The second-order valence-electron chi connectivity index (χ2n) is 2.79. The van der Waals surface area contributed by atoms with Crippen LogP contribution in [0.25, 0.3) is 10.9 Å². The Morgan fingerprint density at radius 2 is 1.93 bits per heavy atom. The van der Waals surface area contributed by atoms with Gasteiger partial charge in [-0.05, 0) is 0 Å². The Morgan fingerprint density at radius 1 is 1.21 bits per heavy atom. The minimum Gasteiger partial charge on any atom is -0.445 e. The topological polar surface area (TPSA) is 28.7 Å². The van der Waals surface area contributed by atoms with Crippen LogP contribution in [0.4, 0.5) is 12.9 Å². The fourth-order valence-electron chi connectivity index (χ4n) is 1.16. The third-order valence-corrected chi connectivity index (χ3v) is 1.84. The average molecular weight is 224 g/mol. The van der Waals surface area contributed by atoms with Crippen molar-refractivity contribution in [1.82, 2.24) is 10.2 Å². The maximum absolute atomic E-state index is 12.3. The van der Waals surface area contributed by atoms with E-state index in [0.717, 1.165) is 12.1 Å². The summed E-state index contributed by atoms with van der Waals surface area (Å²) in [5.74, 6) is 0. The van der Waals surface area contributed by atoms with Crippen LogP contribution < -0.4 is 56.8 Å². The number of nitrogens with zero attached hydrogens (tertiary/aromatic N) is 1. The molecule has 0 unspecified atom stereocenters. The number of hydrogen-bond acceptors (Lipinski definition) is 1. The van der Waals surface area contributed by atoms with Crippen LogP contribution >= 0.6 is 0 Å². The molecule has 0 amide bonds.